The summed E-state index contributed by atoms with van der Waals surface area (Å²) in [4.78, 5) is 0. The van der Waals surface area contributed by atoms with Gasteiger partial charge in [-0.3, -0.25) is 0 Å². The van der Waals surface area contributed by atoms with Crippen LogP contribution in [0.25, 0.3) is 77.2 Å². The van der Waals surface area contributed by atoms with Gasteiger partial charge in [-0.2, -0.15) is 10.5 Å². The molecule has 4 nitrogen and oxygen atoms in total. The number of benzene rings is 7. The van der Waals surface area contributed by atoms with Gasteiger partial charge in [0.1, 0.15) is 12.1 Å². The monoisotopic (exact) mass is 610 g/mol. The number of para-hydroxylation sites is 4. The molecule has 0 fully saturated rings. The predicted molar refractivity (Wildman–Crippen MR) is 195 cm³/mol. The SMILES string of the molecule is N#Cc1ccc(-c2ccccc2-c2ccc3c(c2)c2ccccc2n3-c2ccccc2)c(-n2c3ccccc3c3ccccc32)c1C#N. The van der Waals surface area contributed by atoms with Crippen LogP contribution >= 0.6 is 0 Å². The Labute approximate surface area is 277 Å². The average molecular weight is 611 g/mol. The zero-order chi connectivity index (χ0) is 32.2. The van der Waals surface area contributed by atoms with E-state index in [1.54, 1.807) is 6.07 Å². The van der Waals surface area contributed by atoms with Crippen LogP contribution in [0.1, 0.15) is 11.1 Å². The van der Waals surface area contributed by atoms with Gasteiger partial charge in [0.2, 0.25) is 0 Å². The number of fused-ring (bicyclic) bond motifs is 6. The van der Waals surface area contributed by atoms with E-state index in [0.717, 1.165) is 60.8 Å². The van der Waals surface area contributed by atoms with Gasteiger partial charge >= 0.3 is 0 Å². The number of hydrogen-bond acceptors (Lipinski definition) is 2. The molecular weight excluding hydrogens is 585 g/mol. The lowest BCUT2D eigenvalue weighted by atomic mass is 9.90. The summed E-state index contributed by atoms with van der Waals surface area (Å²) in [6.45, 7) is 0. The molecule has 9 rings (SSSR count). The van der Waals surface area contributed by atoms with Crippen molar-refractivity contribution >= 4 is 43.6 Å². The maximum absolute atomic E-state index is 10.6. The van der Waals surface area contributed by atoms with Crippen molar-refractivity contribution in [2.75, 3.05) is 0 Å². The highest BCUT2D eigenvalue weighted by atomic mass is 15.0. The van der Waals surface area contributed by atoms with E-state index >= 15 is 0 Å². The van der Waals surface area contributed by atoms with E-state index < -0.39 is 0 Å². The minimum atomic E-state index is 0.353. The van der Waals surface area contributed by atoms with Gasteiger partial charge in [0.15, 0.2) is 0 Å². The molecular formula is C44H26N4. The van der Waals surface area contributed by atoms with Crippen molar-refractivity contribution in [1.82, 2.24) is 9.13 Å². The van der Waals surface area contributed by atoms with Gasteiger partial charge < -0.3 is 9.13 Å². The van der Waals surface area contributed by atoms with Crippen LogP contribution in [-0.4, -0.2) is 9.13 Å². The van der Waals surface area contributed by atoms with Crippen LogP contribution in [0.3, 0.4) is 0 Å². The number of nitrogens with zero attached hydrogens (tertiary/aromatic N) is 4. The van der Waals surface area contributed by atoms with Crippen molar-refractivity contribution in [1.29, 1.82) is 10.5 Å². The summed E-state index contributed by atoms with van der Waals surface area (Å²) >= 11 is 0. The summed E-state index contributed by atoms with van der Waals surface area (Å²) in [5, 5.41) is 25.3. The Morgan fingerprint density at radius 1 is 0.396 bits per heavy atom. The van der Waals surface area contributed by atoms with E-state index in [4.69, 9.17) is 0 Å². The molecule has 0 saturated heterocycles. The van der Waals surface area contributed by atoms with Crippen LogP contribution < -0.4 is 0 Å². The summed E-state index contributed by atoms with van der Waals surface area (Å²) in [6.07, 6.45) is 0. The minimum Gasteiger partial charge on any atom is -0.309 e. The first-order valence-electron chi connectivity index (χ1n) is 15.9. The summed E-state index contributed by atoms with van der Waals surface area (Å²) in [5.41, 5.74) is 10.8. The molecule has 2 heterocycles. The first-order chi connectivity index (χ1) is 23.8. The minimum absolute atomic E-state index is 0.353. The zero-order valence-corrected chi connectivity index (χ0v) is 25.8. The molecule has 9 aromatic rings. The van der Waals surface area contributed by atoms with Crippen molar-refractivity contribution in [3.8, 4) is 45.8 Å². The second-order valence-corrected chi connectivity index (χ2v) is 11.9. The average Bonchev–Trinajstić information content (AvgIpc) is 3.67. The number of nitriles is 2. The fourth-order valence-electron chi connectivity index (χ4n) is 7.38. The third-order valence-electron chi connectivity index (χ3n) is 9.43. The van der Waals surface area contributed by atoms with Gasteiger partial charge in [0.05, 0.1) is 38.9 Å². The molecule has 0 N–H and O–H groups in total. The van der Waals surface area contributed by atoms with Crippen molar-refractivity contribution in [3.05, 3.63) is 169 Å². The highest BCUT2D eigenvalue weighted by Gasteiger charge is 2.23. The molecule has 0 unspecified atom stereocenters. The molecule has 7 aromatic carbocycles. The molecule has 48 heavy (non-hydrogen) atoms. The third-order valence-corrected chi connectivity index (χ3v) is 9.43. The molecule has 4 heteroatoms. The quantitative estimate of drug-likeness (QED) is 0.199. The second kappa shape index (κ2) is 10.9. The lowest BCUT2D eigenvalue weighted by Crippen LogP contribution is -2.03. The summed E-state index contributed by atoms with van der Waals surface area (Å²) < 4.78 is 4.48. The lowest BCUT2D eigenvalue weighted by Gasteiger charge is -2.19. The topological polar surface area (TPSA) is 57.4 Å². The van der Waals surface area contributed by atoms with Crippen molar-refractivity contribution in [3.63, 3.8) is 0 Å². The molecule has 0 aliphatic heterocycles. The molecule has 0 saturated carbocycles. The fourth-order valence-corrected chi connectivity index (χ4v) is 7.38. The fraction of sp³-hybridized carbons (Fsp3) is 0. The summed E-state index contributed by atoms with van der Waals surface area (Å²) in [6, 6.07) is 59.1. The maximum Gasteiger partial charge on any atom is 0.103 e. The Bertz CT molecular complexity index is 2750. The van der Waals surface area contributed by atoms with Crippen molar-refractivity contribution in [2.45, 2.75) is 0 Å². The third kappa shape index (κ3) is 4.01. The Morgan fingerprint density at radius 3 is 1.58 bits per heavy atom. The Balaban J connectivity index is 1.34. The van der Waals surface area contributed by atoms with E-state index in [2.05, 4.69) is 130 Å². The smallest absolute Gasteiger partial charge is 0.103 e. The van der Waals surface area contributed by atoms with Gasteiger partial charge in [-0.1, -0.05) is 109 Å². The van der Waals surface area contributed by atoms with Gasteiger partial charge in [-0.15, -0.1) is 0 Å². The van der Waals surface area contributed by atoms with Crippen molar-refractivity contribution < 1.29 is 0 Å². The second-order valence-electron chi connectivity index (χ2n) is 11.9. The van der Waals surface area contributed by atoms with Gasteiger partial charge in [0.25, 0.3) is 0 Å². The Hall–Kier alpha value is -6.88. The molecule has 0 aliphatic carbocycles. The lowest BCUT2D eigenvalue weighted by molar-refractivity contribution is 1.16. The molecule has 222 valence electrons. The summed E-state index contributed by atoms with van der Waals surface area (Å²) in [7, 11) is 0. The number of aromatic nitrogens is 2. The first-order valence-corrected chi connectivity index (χ1v) is 15.9. The molecule has 0 aliphatic rings. The molecule has 0 atom stereocenters. The molecule has 0 radical (unpaired) electrons. The van der Waals surface area contributed by atoms with Gasteiger partial charge in [-0.25, -0.2) is 0 Å². The highest BCUT2D eigenvalue weighted by Crippen LogP contribution is 2.43. The molecule has 0 spiro atoms. The van der Waals surface area contributed by atoms with Crippen LogP contribution in [0.15, 0.2) is 158 Å². The Morgan fingerprint density at radius 2 is 0.938 bits per heavy atom. The Kier molecular flexibility index (Phi) is 6.22. The standard InChI is InChI=1S/C44H26N4/c45-27-30-22-24-37(44(39(30)28-46)48-41-20-10-6-16-34(41)35-17-7-11-21-42(35)48)33-15-5-4-14-32(33)29-23-25-43-38(26-29)36-18-8-9-19-40(36)47(43)31-12-2-1-3-13-31/h1-26H. The first kappa shape index (κ1) is 27.4. The maximum atomic E-state index is 10.6. The van der Waals surface area contributed by atoms with Crippen LogP contribution in [0.5, 0.6) is 0 Å². The van der Waals surface area contributed by atoms with Crippen LogP contribution in [0.4, 0.5) is 0 Å². The molecule has 2 aromatic heterocycles. The van der Waals surface area contributed by atoms with Gasteiger partial charge in [-0.05, 0) is 65.2 Å². The summed E-state index contributed by atoms with van der Waals surface area (Å²) in [5.74, 6) is 0. The largest absolute Gasteiger partial charge is 0.309 e. The highest BCUT2D eigenvalue weighted by molar-refractivity contribution is 6.12. The van der Waals surface area contributed by atoms with Gasteiger partial charge in [0, 0.05) is 32.8 Å². The molecule has 0 amide bonds. The molecule has 0 bridgehead atoms. The zero-order valence-electron chi connectivity index (χ0n) is 25.8. The van der Waals surface area contributed by atoms with E-state index in [1.165, 1.54) is 10.8 Å². The predicted octanol–water partition coefficient (Wildman–Crippen LogP) is 11.0. The van der Waals surface area contributed by atoms with Crippen LogP contribution in [-0.2, 0) is 0 Å². The van der Waals surface area contributed by atoms with Crippen LogP contribution in [0.2, 0.25) is 0 Å². The van der Waals surface area contributed by atoms with Crippen molar-refractivity contribution in [2.24, 2.45) is 0 Å². The number of hydrogen-bond donors (Lipinski definition) is 0. The number of rotatable bonds is 4. The van der Waals surface area contributed by atoms with E-state index in [-0.39, 0.29) is 0 Å². The van der Waals surface area contributed by atoms with E-state index in [0.29, 0.717) is 16.8 Å². The van der Waals surface area contributed by atoms with E-state index in [9.17, 15) is 10.5 Å². The van der Waals surface area contributed by atoms with Crippen LogP contribution in [0, 0.1) is 22.7 Å². The normalized spacial score (nSPS) is 11.3. The van der Waals surface area contributed by atoms with E-state index in [1.807, 2.05) is 42.5 Å².